The Kier molecular flexibility index (Phi) is 15.9. The fraction of sp³-hybridized carbons (Fsp3) is 0. The normalized spacial score (nSPS) is 6.18. The van der Waals surface area contributed by atoms with Gasteiger partial charge in [0.1, 0.15) is 0 Å². The Labute approximate surface area is 93.0 Å². The van der Waals surface area contributed by atoms with Crippen LogP contribution in [-0.4, -0.2) is 23.1 Å². The van der Waals surface area contributed by atoms with Crippen molar-refractivity contribution in [2.45, 2.75) is 0 Å². The molecule has 1 aromatic rings. The van der Waals surface area contributed by atoms with E-state index in [0.717, 1.165) is 5.56 Å². The predicted molar refractivity (Wildman–Crippen MR) is 51.4 cm³/mol. The third-order valence-corrected chi connectivity index (χ3v) is 0.980. The maximum atomic E-state index is 3.62. The Morgan fingerprint density at radius 3 is 2.00 bits per heavy atom. The number of hydrogen-bond acceptors (Lipinski definition) is 0. The van der Waals surface area contributed by atoms with Gasteiger partial charge in [-0.15, -0.1) is 29.1 Å². The molecule has 0 aromatic heterocycles. The molecule has 0 fully saturated rings. The molecule has 0 saturated heterocycles. The number of halogens is 2. The van der Waals surface area contributed by atoms with Crippen molar-refractivity contribution in [1.29, 1.82) is 0 Å². The van der Waals surface area contributed by atoms with Crippen LogP contribution in [-0.2, 0) is 0 Å². The van der Waals surface area contributed by atoms with Gasteiger partial charge >= 0.3 is 23.1 Å². The summed E-state index contributed by atoms with van der Waals surface area (Å²) in [4.78, 5) is 0. The summed E-state index contributed by atoms with van der Waals surface area (Å²) in [6, 6.07) is 10.6. The average molecular weight is 227 g/mol. The van der Waals surface area contributed by atoms with Gasteiger partial charge in [0.05, 0.1) is 0 Å². The van der Waals surface area contributed by atoms with E-state index in [-0.39, 0.29) is 44.7 Å². The molecule has 0 saturated carbocycles. The SMILES string of the molecule is Br.C=Cc1cc[c-]cc1.[F-].[Mg+2]. The van der Waals surface area contributed by atoms with Gasteiger partial charge in [0.15, 0.2) is 0 Å². The number of rotatable bonds is 1. The second-order valence-electron chi connectivity index (χ2n) is 1.54. The van der Waals surface area contributed by atoms with Gasteiger partial charge in [-0.1, -0.05) is 6.08 Å². The van der Waals surface area contributed by atoms with Gasteiger partial charge in [-0.05, 0) is 0 Å². The van der Waals surface area contributed by atoms with E-state index in [9.17, 15) is 0 Å². The van der Waals surface area contributed by atoms with E-state index in [1.54, 1.807) is 0 Å². The van der Waals surface area contributed by atoms with Crippen LogP contribution in [0.15, 0.2) is 30.8 Å². The quantitative estimate of drug-likeness (QED) is 0.441. The summed E-state index contributed by atoms with van der Waals surface area (Å²) in [6.07, 6.45) is 1.81. The van der Waals surface area contributed by atoms with Crippen molar-refractivity contribution in [3.05, 3.63) is 42.5 Å². The molecular weight excluding hydrogens is 219 g/mol. The monoisotopic (exact) mass is 226 g/mol. The maximum absolute atomic E-state index is 3.62. The van der Waals surface area contributed by atoms with E-state index in [1.807, 2.05) is 30.3 Å². The van der Waals surface area contributed by atoms with Crippen LogP contribution in [0, 0.1) is 6.07 Å². The van der Waals surface area contributed by atoms with E-state index in [2.05, 4.69) is 12.6 Å². The van der Waals surface area contributed by atoms with Crippen LogP contribution in [0.3, 0.4) is 0 Å². The molecule has 0 aliphatic heterocycles. The van der Waals surface area contributed by atoms with Gasteiger partial charge in [-0.2, -0.15) is 30.3 Å². The average Bonchev–Trinajstić information content (AvgIpc) is 1.90. The molecule has 56 valence electrons. The predicted octanol–water partition coefficient (Wildman–Crippen LogP) is -0.669. The van der Waals surface area contributed by atoms with E-state index in [4.69, 9.17) is 0 Å². The largest absolute Gasteiger partial charge is 2.00 e. The van der Waals surface area contributed by atoms with Crippen LogP contribution in [0.4, 0.5) is 0 Å². The summed E-state index contributed by atoms with van der Waals surface area (Å²) in [7, 11) is 0. The molecule has 0 heterocycles. The molecule has 1 aromatic carbocycles. The standard InChI is InChI=1S/C8H7.BrH.FH.Mg/c1-2-8-6-4-3-5-7-8;;;/h2,4-7H,1H2;2*1H;/q-1;;;+2/p-1. The smallest absolute Gasteiger partial charge is 1.00 e. The van der Waals surface area contributed by atoms with Crippen molar-refractivity contribution >= 4 is 46.1 Å². The van der Waals surface area contributed by atoms with Crippen LogP contribution in [0.1, 0.15) is 5.56 Å². The van der Waals surface area contributed by atoms with Crippen LogP contribution < -0.4 is 4.70 Å². The molecule has 0 amide bonds. The zero-order chi connectivity index (χ0) is 5.82. The molecular formula is C8H8BrFMg. The third-order valence-electron chi connectivity index (χ3n) is 0.980. The van der Waals surface area contributed by atoms with Gasteiger partial charge < -0.3 is 4.70 Å². The molecule has 0 aliphatic carbocycles. The first-order chi connectivity index (χ1) is 3.93. The summed E-state index contributed by atoms with van der Waals surface area (Å²) in [5.74, 6) is 0. The Balaban J connectivity index is -0.000000213. The van der Waals surface area contributed by atoms with Crippen LogP contribution in [0.5, 0.6) is 0 Å². The molecule has 0 nitrogen and oxygen atoms in total. The van der Waals surface area contributed by atoms with Gasteiger partial charge in [-0.3, -0.25) is 0 Å². The summed E-state index contributed by atoms with van der Waals surface area (Å²) in [5.41, 5.74) is 1.14. The summed E-state index contributed by atoms with van der Waals surface area (Å²) in [5, 5.41) is 0. The van der Waals surface area contributed by atoms with Gasteiger partial charge in [0.2, 0.25) is 0 Å². The minimum absolute atomic E-state index is 0. The van der Waals surface area contributed by atoms with Gasteiger partial charge in [0.25, 0.3) is 0 Å². The van der Waals surface area contributed by atoms with Crippen molar-refractivity contribution in [2.75, 3.05) is 0 Å². The third kappa shape index (κ3) is 6.53. The minimum Gasteiger partial charge on any atom is -1.00 e. The maximum Gasteiger partial charge on any atom is 2.00 e. The van der Waals surface area contributed by atoms with Crippen molar-refractivity contribution in [2.24, 2.45) is 0 Å². The van der Waals surface area contributed by atoms with E-state index < -0.39 is 0 Å². The van der Waals surface area contributed by atoms with Crippen molar-refractivity contribution < 1.29 is 4.70 Å². The second-order valence-corrected chi connectivity index (χ2v) is 1.54. The Morgan fingerprint density at radius 2 is 1.73 bits per heavy atom. The topological polar surface area (TPSA) is 0 Å². The van der Waals surface area contributed by atoms with Crippen molar-refractivity contribution in [1.82, 2.24) is 0 Å². The Morgan fingerprint density at radius 1 is 1.27 bits per heavy atom. The first kappa shape index (κ1) is 17.3. The van der Waals surface area contributed by atoms with E-state index in [1.165, 1.54) is 0 Å². The fourth-order valence-electron chi connectivity index (χ4n) is 0.536. The van der Waals surface area contributed by atoms with Gasteiger partial charge in [-0.25, -0.2) is 0 Å². The molecule has 0 spiro atoms. The first-order valence-corrected chi connectivity index (χ1v) is 2.52. The Hall–Kier alpha value is 0.136. The first-order valence-electron chi connectivity index (χ1n) is 2.52. The van der Waals surface area contributed by atoms with Gasteiger partial charge in [0, 0.05) is 0 Å². The van der Waals surface area contributed by atoms with Crippen LogP contribution in [0.25, 0.3) is 6.08 Å². The van der Waals surface area contributed by atoms with E-state index >= 15 is 0 Å². The summed E-state index contributed by atoms with van der Waals surface area (Å²) in [6.45, 7) is 3.62. The Bertz CT molecular complexity index is 177. The summed E-state index contributed by atoms with van der Waals surface area (Å²) < 4.78 is 0. The molecule has 0 aliphatic rings. The molecule has 0 radical (unpaired) electrons. The molecule has 0 N–H and O–H groups in total. The number of hydrogen-bond donors (Lipinski definition) is 0. The number of benzene rings is 1. The van der Waals surface area contributed by atoms with Crippen molar-refractivity contribution in [3.63, 3.8) is 0 Å². The van der Waals surface area contributed by atoms with Crippen LogP contribution >= 0.6 is 17.0 Å². The van der Waals surface area contributed by atoms with E-state index in [0.29, 0.717) is 0 Å². The van der Waals surface area contributed by atoms with Crippen molar-refractivity contribution in [3.8, 4) is 0 Å². The molecule has 0 unspecified atom stereocenters. The fourth-order valence-corrected chi connectivity index (χ4v) is 0.536. The molecule has 3 heteroatoms. The zero-order valence-electron chi connectivity index (χ0n) is 6.09. The molecule has 11 heavy (non-hydrogen) atoms. The molecule has 1 rings (SSSR count). The molecule has 0 bridgehead atoms. The second kappa shape index (κ2) is 10.1. The molecule has 0 atom stereocenters. The zero-order valence-corrected chi connectivity index (χ0v) is 9.21. The summed E-state index contributed by atoms with van der Waals surface area (Å²) >= 11 is 0. The minimum atomic E-state index is 0. The van der Waals surface area contributed by atoms with Crippen LogP contribution in [0.2, 0.25) is 0 Å².